The maximum atomic E-state index is 14.3. The van der Waals surface area contributed by atoms with Gasteiger partial charge in [-0.25, -0.2) is 14.8 Å². The van der Waals surface area contributed by atoms with Crippen molar-refractivity contribution < 1.29 is 27.4 Å². The van der Waals surface area contributed by atoms with Crippen molar-refractivity contribution in [2.75, 3.05) is 11.9 Å². The third-order valence-electron chi connectivity index (χ3n) is 7.04. The Morgan fingerprint density at radius 3 is 2.53 bits per heavy atom. The second-order valence-electron chi connectivity index (χ2n) is 13.0. The number of hydrogen-bond donors (Lipinski definition) is 2. The molecule has 1 fully saturated rings. The van der Waals surface area contributed by atoms with E-state index in [1.165, 1.54) is 0 Å². The van der Waals surface area contributed by atoms with Crippen molar-refractivity contribution in [3.63, 3.8) is 0 Å². The number of fused-ring (bicyclic) bond motifs is 1. The molecule has 1 aliphatic carbocycles. The number of rotatable bonds is 9. The lowest BCUT2D eigenvalue weighted by Gasteiger charge is -2.25. The fourth-order valence-electron chi connectivity index (χ4n) is 4.95. The Hall–Kier alpha value is -2.35. The van der Waals surface area contributed by atoms with Crippen LogP contribution in [0.2, 0.25) is 30.7 Å². The molecule has 0 bridgehead atoms. The fraction of sp³-hybridized carbons (Fsp3) is 0.552. The average molecular weight is 705 g/mol. The number of alkyl halides is 3. The monoisotopic (exact) mass is 703 g/mol. The largest absolute Gasteiger partial charge is 0.444 e. The predicted octanol–water partition coefficient (Wildman–Crippen LogP) is 8.70. The van der Waals surface area contributed by atoms with Gasteiger partial charge in [0.1, 0.15) is 17.9 Å². The smallest absolute Gasteiger partial charge is 0.419 e. The molecule has 3 aromatic rings. The molecule has 43 heavy (non-hydrogen) atoms. The number of nitrogens with zero attached hydrogens (tertiary/aromatic N) is 3. The summed E-state index contributed by atoms with van der Waals surface area (Å²) in [6.07, 6.45) is -0.692. The molecule has 4 rings (SSSR count). The van der Waals surface area contributed by atoms with Crippen LogP contribution in [0.15, 0.2) is 29.0 Å². The number of carbonyl (C=O) groups excluding carboxylic acids is 1. The first-order valence-electron chi connectivity index (χ1n) is 14.2. The van der Waals surface area contributed by atoms with Gasteiger partial charge in [-0.1, -0.05) is 37.3 Å². The molecule has 1 saturated carbocycles. The summed E-state index contributed by atoms with van der Waals surface area (Å²) in [5.74, 6) is 0.0291. The maximum Gasteiger partial charge on any atom is 0.419 e. The van der Waals surface area contributed by atoms with E-state index in [-0.39, 0.29) is 36.0 Å². The zero-order valence-corrected chi connectivity index (χ0v) is 28.5. The Labute approximate surface area is 264 Å². The minimum absolute atomic E-state index is 0.0291. The molecule has 0 aliphatic heterocycles. The summed E-state index contributed by atoms with van der Waals surface area (Å²) in [7, 11) is -1.34. The highest BCUT2D eigenvalue weighted by molar-refractivity contribution is 9.10. The molecule has 8 nitrogen and oxygen atoms in total. The molecule has 14 heteroatoms. The van der Waals surface area contributed by atoms with Crippen molar-refractivity contribution >= 4 is 58.5 Å². The van der Waals surface area contributed by atoms with E-state index in [0.717, 1.165) is 18.7 Å². The molecule has 236 valence electrons. The molecule has 1 amide bonds. The van der Waals surface area contributed by atoms with Gasteiger partial charge in [-0.05, 0) is 68.1 Å². The summed E-state index contributed by atoms with van der Waals surface area (Å²) in [6.45, 7) is 12.7. The van der Waals surface area contributed by atoms with Crippen LogP contribution >= 0.6 is 27.5 Å². The van der Waals surface area contributed by atoms with E-state index in [9.17, 15) is 18.0 Å². The van der Waals surface area contributed by atoms with Crippen molar-refractivity contribution in [1.82, 2.24) is 19.9 Å². The third-order valence-corrected chi connectivity index (χ3v) is 10.0. The summed E-state index contributed by atoms with van der Waals surface area (Å²) in [6, 6.07) is 3.77. The quantitative estimate of drug-likeness (QED) is 0.171. The van der Waals surface area contributed by atoms with Gasteiger partial charge in [0, 0.05) is 48.5 Å². The van der Waals surface area contributed by atoms with E-state index >= 15 is 0 Å². The standard InChI is InChI=1S/C29H38BrClF3N5O3Si/c1-28(2,3)42-27(40)37-22-9-7-8-21(22)36-26-35-14-19(29(32,33)34)24(38-26)18-15-39(16-41-12-13-43(4,5)6)25-17(18)10-11-20(30)23(25)31/h10-11,14-15,21-22H,7-9,12-13,16H2,1-6H3,(H,37,40)(H,35,36,38)/t21-,22-/m0/s1. The first-order chi connectivity index (χ1) is 19.9. The van der Waals surface area contributed by atoms with Crippen molar-refractivity contribution in [3.8, 4) is 11.3 Å². The van der Waals surface area contributed by atoms with Gasteiger partial charge in [0.05, 0.1) is 22.3 Å². The van der Waals surface area contributed by atoms with Gasteiger partial charge in [0.15, 0.2) is 0 Å². The zero-order chi connectivity index (χ0) is 31.7. The first-order valence-corrected chi connectivity index (χ1v) is 19.1. The molecule has 2 heterocycles. The Kier molecular flexibility index (Phi) is 10.1. The molecule has 1 aliphatic rings. The Bertz CT molecular complexity index is 1470. The summed E-state index contributed by atoms with van der Waals surface area (Å²) in [5, 5.41) is 6.89. The number of aromatic nitrogens is 3. The first kappa shape index (κ1) is 33.5. The summed E-state index contributed by atoms with van der Waals surface area (Å²) in [4.78, 5) is 20.8. The Morgan fingerprint density at radius 1 is 1.19 bits per heavy atom. The summed E-state index contributed by atoms with van der Waals surface area (Å²) < 4.78 is 56.6. The lowest BCUT2D eigenvalue weighted by atomic mass is 10.1. The number of alkyl carbamates (subject to hydrolysis) is 1. The van der Waals surface area contributed by atoms with Crippen molar-refractivity contribution in [1.29, 1.82) is 0 Å². The minimum atomic E-state index is -4.70. The number of carbonyl (C=O) groups is 1. The van der Waals surface area contributed by atoms with Crippen LogP contribution in [0.1, 0.15) is 45.6 Å². The Balaban J connectivity index is 1.69. The second-order valence-corrected chi connectivity index (χ2v) is 19.9. The average Bonchev–Trinajstić information content (AvgIpc) is 3.46. The van der Waals surface area contributed by atoms with Crippen molar-refractivity contribution in [2.24, 2.45) is 0 Å². The highest BCUT2D eigenvalue weighted by Crippen LogP contribution is 2.42. The number of benzene rings is 1. The molecule has 0 unspecified atom stereocenters. The predicted molar refractivity (Wildman–Crippen MR) is 169 cm³/mol. The van der Waals surface area contributed by atoms with Gasteiger partial charge in [-0.15, -0.1) is 0 Å². The second kappa shape index (κ2) is 12.9. The molecule has 0 saturated heterocycles. The van der Waals surface area contributed by atoms with Gasteiger partial charge in [0.2, 0.25) is 5.95 Å². The van der Waals surface area contributed by atoms with E-state index in [0.29, 0.717) is 39.8 Å². The number of amides is 1. The van der Waals surface area contributed by atoms with E-state index in [1.54, 1.807) is 43.7 Å². The molecule has 2 atom stereocenters. The van der Waals surface area contributed by atoms with E-state index in [1.807, 2.05) is 0 Å². The van der Waals surface area contributed by atoms with Crippen LogP contribution in [0, 0.1) is 0 Å². The molecule has 2 aromatic heterocycles. The van der Waals surface area contributed by atoms with E-state index in [4.69, 9.17) is 21.1 Å². The molecule has 0 spiro atoms. The normalized spacial score (nSPS) is 17.8. The van der Waals surface area contributed by atoms with Crippen molar-refractivity contribution in [3.05, 3.63) is 39.6 Å². The number of halogens is 5. The molecular weight excluding hydrogens is 667 g/mol. The van der Waals surface area contributed by atoms with Gasteiger partial charge < -0.3 is 24.7 Å². The van der Waals surface area contributed by atoms with Crippen molar-refractivity contribution in [2.45, 2.75) is 96.3 Å². The van der Waals surface area contributed by atoms with Crippen LogP contribution in [0.25, 0.3) is 22.2 Å². The van der Waals surface area contributed by atoms with Crippen LogP contribution in [-0.2, 0) is 22.4 Å². The Morgan fingerprint density at radius 2 is 1.88 bits per heavy atom. The zero-order valence-electron chi connectivity index (χ0n) is 25.2. The van der Waals surface area contributed by atoms with Gasteiger partial charge in [-0.3, -0.25) is 0 Å². The van der Waals surface area contributed by atoms with Crippen LogP contribution < -0.4 is 10.6 Å². The maximum absolute atomic E-state index is 14.3. The van der Waals surface area contributed by atoms with Crippen LogP contribution in [0.4, 0.5) is 23.9 Å². The highest BCUT2D eigenvalue weighted by atomic mass is 79.9. The number of ether oxygens (including phenoxy) is 2. The van der Waals surface area contributed by atoms with Gasteiger partial charge >= 0.3 is 12.3 Å². The fourth-order valence-corrected chi connectivity index (χ4v) is 6.30. The third kappa shape index (κ3) is 8.64. The summed E-state index contributed by atoms with van der Waals surface area (Å²) in [5.41, 5.74) is -1.10. The molecule has 0 radical (unpaired) electrons. The lowest BCUT2D eigenvalue weighted by Crippen LogP contribution is -2.45. The molecule has 2 N–H and O–H groups in total. The summed E-state index contributed by atoms with van der Waals surface area (Å²) >= 11 is 10.1. The minimum Gasteiger partial charge on any atom is -0.444 e. The van der Waals surface area contributed by atoms with Crippen LogP contribution in [-0.4, -0.2) is 53.0 Å². The lowest BCUT2D eigenvalue weighted by molar-refractivity contribution is -0.137. The van der Waals surface area contributed by atoms with E-state index in [2.05, 4.69) is 56.2 Å². The number of nitrogens with one attached hydrogen (secondary N) is 2. The van der Waals surface area contributed by atoms with E-state index < -0.39 is 31.5 Å². The molecular formula is C29H38BrClF3N5O3Si. The van der Waals surface area contributed by atoms with Crippen LogP contribution in [0.5, 0.6) is 0 Å². The number of hydrogen-bond acceptors (Lipinski definition) is 6. The van der Waals surface area contributed by atoms with Gasteiger partial charge in [-0.2, -0.15) is 13.2 Å². The van der Waals surface area contributed by atoms with Gasteiger partial charge in [0.25, 0.3) is 0 Å². The topological polar surface area (TPSA) is 90.3 Å². The van der Waals surface area contributed by atoms with Crippen LogP contribution in [0.3, 0.4) is 0 Å². The molecule has 1 aromatic carbocycles. The highest BCUT2D eigenvalue weighted by Gasteiger charge is 2.37. The number of anilines is 1. The SMILES string of the molecule is CC(C)(C)OC(=O)N[C@H]1CCC[C@@H]1Nc1ncc(C(F)(F)F)c(-c2cn(COCC[Si](C)(C)C)c3c(Cl)c(Br)ccc23)n1.